The van der Waals surface area contributed by atoms with Crippen molar-refractivity contribution >= 4 is 31.3 Å². The third-order valence-corrected chi connectivity index (χ3v) is 10.8. The predicted octanol–water partition coefficient (Wildman–Crippen LogP) is 5.11. The standard InChI is InChI=1S/C20H47NO5Si3/c1-11-19(4)25-29(23-12-2,24-13-3)17-15-14-16-21(27(5,6)7)18-20(22)26-28(8,9)10/h19H,11-18H2,1-10H3. The first-order valence-electron chi connectivity index (χ1n) is 11.2. The molecule has 0 N–H and O–H groups in total. The first-order valence-corrected chi connectivity index (χ1v) is 20.0. The van der Waals surface area contributed by atoms with Crippen molar-refractivity contribution in [2.75, 3.05) is 26.3 Å². The van der Waals surface area contributed by atoms with Gasteiger partial charge in [-0.2, -0.15) is 0 Å². The summed E-state index contributed by atoms with van der Waals surface area (Å²) in [7, 11) is -6.12. The molecule has 174 valence electrons. The van der Waals surface area contributed by atoms with Crippen molar-refractivity contribution in [2.45, 2.75) is 98.4 Å². The summed E-state index contributed by atoms with van der Waals surface area (Å²) in [4.78, 5) is 12.4. The molecular weight excluding hydrogens is 418 g/mol. The summed E-state index contributed by atoms with van der Waals surface area (Å²) in [6.45, 7) is 23.7. The van der Waals surface area contributed by atoms with Gasteiger partial charge in [0.1, 0.15) is 8.24 Å². The Labute approximate surface area is 183 Å². The second kappa shape index (κ2) is 13.4. The van der Waals surface area contributed by atoms with Crippen molar-refractivity contribution in [3.63, 3.8) is 0 Å². The molecule has 0 saturated heterocycles. The van der Waals surface area contributed by atoms with E-state index in [0.29, 0.717) is 19.8 Å². The Morgan fingerprint density at radius 2 is 1.48 bits per heavy atom. The van der Waals surface area contributed by atoms with Crippen molar-refractivity contribution in [1.29, 1.82) is 0 Å². The molecule has 0 aliphatic rings. The molecule has 0 amide bonds. The molecular formula is C20H47NO5Si3. The molecule has 0 aromatic carbocycles. The number of carbonyl (C=O) groups excluding carboxylic acids is 1. The summed E-state index contributed by atoms with van der Waals surface area (Å²) in [6, 6.07) is 0.817. The minimum absolute atomic E-state index is 0.0842. The first kappa shape index (κ1) is 29.0. The van der Waals surface area contributed by atoms with E-state index in [1.165, 1.54) is 0 Å². The molecule has 1 atom stereocenters. The topological polar surface area (TPSA) is 57.2 Å². The van der Waals surface area contributed by atoms with Crippen LogP contribution < -0.4 is 0 Å². The van der Waals surface area contributed by atoms with Crippen LogP contribution in [-0.2, 0) is 22.5 Å². The van der Waals surface area contributed by atoms with Crippen LogP contribution in [0.5, 0.6) is 0 Å². The predicted molar refractivity (Wildman–Crippen MR) is 128 cm³/mol. The monoisotopic (exact) mass is 465 g/mol. The highest BCUT2D eigenvalue weighted by atomic mass is 28.4. The molecule has 0 saturated carbocycles. The molecule has 1 unspecified atom stereocenters. The van der Waals surface area contributed by atoms with Gasteiger partial charge in [0.25, 0.3) is 0 Å². The van der Waals surface area contributed by atoms with E-state index in [0.717, 1.165) is 31.9 Å². The van der Waals surface area contributed by atoms with Crippen molar-refractivity contribution < 1.29 is 22.5 Å². The maximum absolute atomic E-state index is 12.4. The third-order valence-electron chi connectivity index (χ3n) is 4.53. The summed E-state index contributed by atoms with van der Waals surface area (Å²) >= 11 is 0. The van der Waals surface area contributed by atoms with Crippen molar-refractivity contribution in [2.24, 2.45) is 0 Å². The lowest BCUT2D eigenvalue weighted by Crippen LogP contribution is -2.50. The van der Waals surface area contributed by atoms with Crippen molar-refractivity contribution in [3.05, 3.63) is 0 Å². The van der Waals surface area contributed by atoms with Gasteiger partial charge in [0.05, 0.1) is 6.54 Å². The SMILES string of the molecule is CCO[Si](CCCCN(CC(=O)O[Si](C)(C)C)[Si](C)(C)C)(OCC)OC(C)CC. The number of hydrogen-bond acceptors (Lipinski definition) is 6. The molecule has 0 aliphatic carbocycles. The summed E-state index contributed by atoms with van der Waals surface area (Å²) in [6.07, 6.45) is 3.03. The fraction of sp³-hybridized carbons (Fsp3) is 0.950. The van der Waals surface area contributed by atoms with Crippen LogP contribution in [0.2, 0.25) is 45.3 Å². The second-order valence-electron chi connectivity index (χ2n) is 9.52. The summed E-state index contributed by atoms with van der Waals surface area (Å²) in [5.74, 6) is -0.0842. The zero-order valence-corrected chi connectivity index (χ0v) is 23.7. The lowest BCUT2D eigenvalue weighted by molar-refractivity contribution is -0.135. The smallest absolute Gasteiger partial charge is 0.501 e. The molecule has 29 heavy (non-hydrogen) atoms. The molecule has 6 nitrogen and oxygen atoms in total. The highest BCUT2D eigenvalue weighted by Gasteiger charge is 2.41. The largest absolute Gasteiger partial charge is 0.519 e. The summed E-state index contributed by atoms with van der Waals surface area (Å²) in [5.41, 5.74) is 0. The average molecular weight is 466 g/mol. The summed E-state index contributed by atoms with van der Waals surface area (Å²) < 4.78 is 26.4. The van der Waals surface area contributed by atoms with Crippen LogP contribution in [0.1, 0.15) is 47.0 Å². The minimum Gasteiger partial charge on any atom is -0.519 e. The Morgan fingerprint density at radius 3 is 1.90 bits per heavy atom. The molecule has 0 bridgehead atoms. The van der Waals surface area contributed by atoms with E-state index in [1.807, 2.05) is 33.5 Å². The van der Waals surface area contributed by atoms with E-state index in [1.54, 1.807) is 0 Å². The molecule has 0 spiro atoms. The first-order chi connectivity index (χ1) is 13.3. The molecule has 0 radical (unpaired) electrons. The van der Waals surface area contributed by atoms with E-state index in [9.17, 15) is 4.79 Å². The quantitative estimate of drug-likeness (QED) is 0.233. The second-order valence-corrected chi connectivity index (χ2v) is 21.6. The van der Waals surface area contributed by atoms with Gasteiger partial charge in [0.2, 0.25) is 8.32 Å². The number of hydrogen-bond donors (Lipinski definition) is 0. The molecule has 0 rings (SSSR count). The van der Waals surface area contributed by atoms with E-state index in [4.69, 9.17) is 17.7 Å². The van der Waals surface area contributed by atoms with Crippen LogP contribution in [0, 0.1) is 0 Å². The maximum atomic E-state index is 12.4. The number of nitrogens with zero attached hydrogens (tertiary/aromatic N) is 1. The van der Waals surface area contributed by atoms with Crippen molar-refractivity contribution in [3.8, 4) is 0 Å². The van der Waals surface area contributed by atoms with Gasteiger partial charge in [-0.25, -0.2) is 0 Å². The van der Waals surface area contributed by atoms with Gasteiger partial charge in [-0.05, 0) is 66.2 Å². The molecule has 0 aromatic heterocycles. The number of carbonyl (C=O) groups is 1. The fourth-order valence-corrected chi connectivity index (χ4v) is 8.12. The van der Waals surface area contributed by atoms with E-state index in [2.05, 4.69) is 38.1 Å². The molecule has 0 fully saturated rings. The van der Waals surface area contributed by atoms with Crippen LogP contribution in [0.4, 0.5) is 0 Å². The van der Waals surface area contributed by atoms with Gasteiger partial charge in [-0.15, -0.1) is 0 Å². The minimum atomic E-state index is -2.65. The lowest BCUT2D eigenvalue weighted by atomic mass is 10.3. The van der Waals surface area contributed by atoms with Gasteiger partial charge in [0.15, 0.2) is 0 Å². The van der Waals surface area contributed by atoms with Crippen molar-refractivity contribution in [1.82, 2.24) is 4.57 Å². The zero-order chi connectivity index (χ0) is 22.7. The van der Waals surface area contributed by atoms with Crippen LogP contribution in [0.15, 0.2) is 0 Å². The van der Waals surface area contributed by atoms with E-state index in [-0.39, 0.29) is 12.1 Å². The van der Waals surface area contributed by atoms with Gasteiger partial charge in [-0.3, -0.25) is 4.79 Å². The highest BCUT2D eigenvalue weighted by Crippen LogP contribution is 2.23. The highest BCUT2D eigenvalue weighted by molar-refractivity contribution is 6.73. The van der Waals surface area contributed by atoms with Crippen LogP contribution in [0.25, 0.3) is 0 Å². The summed E-state index contributed by atoms with van der Waals surface area (Å²) in [5, 5.41) is 0. The van der Waals surface area contributed by atoms with Gasteiger partial charge in [0, 0.05) is 25.4 Å². The third kappa shape index (κ3) is 13.1. The number of unbranched alkanes of at least 4 members (excludes halogenated alkanes) is 1. The molecule has 0 aromatic rings. The fourth-order valence-electron chi connectivity index (χ4n) is 2.97. The Bertz CT molecular complexity index is 460. The van der Waals surface area contributed by atoms with E-state index >= 15 is 0 Å². The van der Waals surface area contributed by atoms with E-state index < -0.39 is 25.4 Å². The van der Waals surface area contributed by atoms with Crippen LogP contribution >= 0.6 is 0 Å². The Kier molecular flexibility index (Phi) is 13.4. The Hall–Kier alpha value is -0.0394. The van der Waals surface area contributed by atoms with Gasteiger partial charge >= 0.3 is 14.8 Å². The Morgan fingerprint density at radius 1 is 0.931 bits per heavy atom. The number of rotatable bonds is 16. The maximum Gasteiger partial charge on any atom is 0.501 e. The zero-order valence-electron chi connectivity index (χ0n) is 20.7. The Balaban J connectivity index is 4.89. The normalized spacial score (nSPS) is 14.3. The van der Waals surface area contributed by atoms with Crippen LogP contribution in [-0.4, -0.2) is 68.3 Å². The molecule has 0 aliphatic heterocycles. The van der Waals surface area contributed by atoms with Crippen LogP contribution in [0.3, 0.4) is 0 Å². The molecule has 9 heteroatoms. The molecule has 0 heterocycles. The van der Waals surface area contributed by atoms with Gasteiger partial charge < -0.3 is 22.3 Å². The average Bonchev–Trinajstić information content (AvgIpc) is 2.55. The van der Waals surface area contributed by atoms with Gasteiger partial charge in [-0.1, -0.05) is 26.6 Å². The lowest BCUT2D eigenvalue weighted by Gasteiger charge is -2.35.